The highest BCUT2D eigenvalue weighted by Crippen LogP contribution is 2.47. The third kappa shape index (κ3) is 5.32. The van der Waals surface area contributed by atoms with Crippen molar-refractivity contribution in [3.05, 3.63) is 117 Å². The van der Waals surface area contributed by atoms with Gasteiger partial charge in [0.05, 0.1) is 24.9 Å². The molecule has 1 N–H and O–H groups in total. The molecule has 1 amide bonds. The molecule has 4 aromatic rings. The van der Waals surface area contributed by atoms with Crippen LogP contribution >= 0.6 is 0 Å². The summed E-state index contributed by atoms with van der Waals surface area (Å²) in [6.07, 6.45) is 6.57. The van der Waals surface area contributed by atoms with E-state index in [1.54, 1.807) is 54.4 Å². The molecule has 0 saturated carbocycles. The van der Waals surface area contributed by atoms with Crippen LogP contribution in [0.5, 0.6) is 11.5 Å². The molecule has 0 spiro atoms. The zero-order chi connectivity index (χ0) is 29.6. The van der Waals surface area contributed by atoms with Crippen LogP contribution in [0.1, 0.15) is 65.9 Å². The molecule has 2 aliphatic heterocycles. The lowest BCUT2D eigenvalue weighted by Gasteiger charge is -2.31. The van der Waals surface area contributed by atoms with E-state index in [1.807, 2.05) is 24.4 Å². The molecule has 214 valence electrons. The maximum absolute atomic E-state index is 13.4. The highest BCUT2D eigenvalue weighted by Gasteiger charge is 2.39. The van der Waals surface area contributed by atoms with Crippen molar-refractivity contribution in [2.45, 2.75) is 58.2 Å². The summed E-state index contributed by atoms with van der Waals surface area (Å²) in [5.41, 5.74) is 6.19. The third-order valence-corrected chi connectivity index (χ3v) is 7.68. The number of nitrogens with one attached hydrogen (secondary N) is 1. The van der Waals surface area contributed by atoms with Crippen molar-refractivity contribution >= 4 is 17.3 Å². The molecule has 2 aromatic heterocycles. The second-order valence-electron chi connectivity index (χ2n) is 12.2. The van der Waals surface area contributed by atoms with Gasteiger partial charge >= 0.3 is 0 Å². The van der Waals surface area contributed by atoms with Crippen molar-refractivity contribution in [1.29, 1.82) is 0 Å². The van der Waals surface area contributed by atoms with Crippen LogP contribution in [0.4, 0.5) is 5.69 Å². The lowest BCUT2D eigenvalue weighted by atomic mass is 9.81. The molecule has 0 saturated heterocycles. The Balaban J connectivity index is 1.28. The number of carbonyl (C=O) groups is 1. The van der Waals surface area contributed by atoms with Crippen molar-refractivity contribution in [2.24, 2.45) is 4.99 Å². The predicted octanol–water partition coefficient (Wildman–Crippen LogP) is 5.44. The lowest BCUT2D eigenvalue weighted by Crippen LogP contribution is -2.31. The summed E-state index contributed by atoms with van der Waals surface area (Å²) < 4.78 is 13.7. The van der Waals surface area contributed by atoms with Gasteiger partial charge in [0.25, 0.3) is 11.5 Å². The zero-order valence-corrected chi connectivity index (χ0v) is 24.5. The number of ether oxygens (including phenoxy) is 2. The van der Waals surface area contributed by atoms with Gasteiger partial charge in [0.1, 0.15) is 5.60 Å². The largest absolute Gasteiger partial charge is 0.493 e. The van der Waals surface area contributed by atoms with Gasteiger partial charge in [-0.3, -0.25) is 19.6 Å². The zero-order valence-electron chi connectivity index (χ0n) is 24.5. The number of fused-ring (bicyclic) bond motifs is 3. The van der Waals surface area contributed by atoms with E-state index in [-0.39, 0.29) is 22.6 Å². The molecule has 2 aliphatic rings. The molecule has 0 unspecified atom stereocenters. The van der Waals surface area contributed by atoms with Crippen LogP contribution in [0.2, 0.25) is 0 Å². The summed E-state index contributed by atoms with van der Waals surface area (Å²) in [6, 6.07) is 16.4. The topological polar surface area (TPSA) is 94.8 Å². The summed E-state index contributed by atoms with van der Waals surface area (Å²) >= 11 is 0. The second kappa shape index (κ2) is 10.3. The number of rotatable bonds is 6. The van der Waals surface area contributed by atoms with Gasteiger partial charge in [-0.1, -0.05) is 12.1 Å². The molecule has 0 bridgehead atoms. The lowest BCUT2D eigenvalue weighted by molar-refractivity contribution is 0.102. The maximum Gasteiger partial charge on any atom is 0.255 e. The molecule has 0 fully saturated rings. The number of pyridine rings is 2. The van der Waals surface area contributed by atoms with Crippen molar-refractivity contribution in [1.82, 2.24) is 9.55 Å². The van der Waals surface area contributed by atoms with E-state index < -0.39 is 0 Å². The van der Waals surface area contributed by atoms with E-state index in [9.17, 15) is 9.59 Å². The molecule has 2 aromatic carbocycles. The second-order valence-corrected chi connectivity index (χ2v) is 12.2. The predicted molar refractivity (Wildman–Crippen MR) is 163 cm³/mol. The summed E-state index contributed by atoms with van der Waals surface area (Å²) in [7, 11) is 1.67. The van der Waals surface area contributed by atoms with Crippen molar-refractivity contribution < 1.29 is 14.3 Å². The molecule has 4 heterocycles. The van der Waals surface area contributed by atoms with Gasteiger partial charge in [-0.05, 0) is 81.6 Å². The summed E-state index contributed by atoms with van der Waals surface area (Å²) in [5.74, 6) is 1.30. The van der Waals surface area contributed by atoms with Crippen LogP contribution in [0.25, 0.3) is 0 Å². The summed E-state index contributed by atoms with van der Waals surface area (Å²) in [4.78, 5) is 35.1. The number of aliphatic imine (C=N–C) groups is 1. The van der Waals surface area contributed by atoms with E-state index in [0.717, 1.165) is 57.9 Å². The SMILES string of the molecule is COc1cc2c(c3c1OC(C)(C)C3)C(c1ccn(Cc3ccc(C(=O)Nc4ccncc4)cc3)c(=O)c1)=NC(C)(C)C2. The van der Waals surface area contributed by atoms with Gasteiger partial charge in [-0.25, -0.2) is 0 Å². The first-order chi connectivity index (χ1) is 20.0. The first kappa shape index (κ1) is 27.4. The minimum absolute atomic E-state index is 0.124. The Labute approximate surface area is 245 Å². The number of methoxy groups -OCH3 is 1. The third-order valence-electron chi connectivity index (χ3n) is 7.68. The number of anilines is 1. The van der Waals surface area contributed by atoms with E-state index in [2.05, 4.69) is 44.1 Å². The molecule has 0 atom stereocenters. The molecule has 42 heavy (non-hydrogen) atoms. The van der Waals surface area contributed by atoms with Gasteiger partial charge in [-0.2, -0.15) is 0 Å². The van der Waals surface area contributed by atoms with E-state index in [4.69, 9.17) is 14.5 Å². The van der Waals surface area contributed by atoms with E-state index in [0.29, 0.717) is 17.8 Å². The van der Waals surface area contributed by atoms with Crippen LogP contribution in [0, 0.1) is 0 Å². The normalized spacial score (nSPS) is 16.1. The molecular weight excluding hydrogens is 528 g/mol. The van der Waals surface area contributed by atoms with Crippen LogP contribution in [-0.4, -0.2) is 39.4 Å². The Bertz CT molecular complexity index is 1770. The number of hydrogen-bond acceptors (Lipinski definition) is 6. The minimum atomic E-state index is -0.360. The average molecular weight is 563 g/mol. The summed E-state index contributed by atoms with van der Waals surface area (Å²) in [6.45, 7) is 8.75. The van der Waals surface area contributed by atoms with Gasteiger partial charge in [0, 0.05) is 59.0 Å². The molecule has 8 nitrogen and oxygen atoms in total. The molecule has 0 aliphatic carbocycles. The van der Waals surface area contributed by atoms with Gasteiger partial charge in [0.15, 0.2) is 11.5 Å². The Morgan fingerprint density at radius 2 is 1.76 bits per heavy atom. The van der Waals surface area contributed by atoms with Gasteiger partial charge in [-0.15, -0.1) is 0 Å². The number of hydrogen-bond donors (Lipinski definition) is 1. The standard InChI is InChI=1S/C34H34N4O4/c1-33(2)18-24-16-27(41-5)31-26(19-34(3,4)42-31)29(24)30(37-33)23-12-15-38(28(39)17-23)20-21-6-8-22(9-7-21)32(40)36-25-10-13-35-14-11-25/h6-17H,18-20H2,1-5H3,(H,35,36,40). The fourth-order valence-electron chi connectivity index (χ4n) is 5.81. The van der Waals surface area contributed by atoms with Crippen LogP contribution in [0.15, 0.2) is 83.0 Å². The fraction of sp³-hybridized carbons (Fsp3) is 0.294. The van der Waals surface area contributed by atoms with Crippen LogP contribution < -0.4 is 20.3 Å². The van der Waals surface area contributed by atoms with Gasteiger partial charge in [0.2, 0.25) is 0 Å². The minimum Gasteiger partial charge on any atom is -0.493 e. The van der Waals surface area contributed by atoms with Crippen molar-refractivity contribution in [2.75, 3.05) is 12.4 Å². The molecule has 6 rings (SSSR count). The Kier molecular flexibility index (Phi) is 6.72. The van der Waals surface area contributed by atoms with Crippen molar-refractivity contribution in [3.63, 3.8) is 0 Å². The average Bonchev–Trinajstić information content (AvgIpc) is 3.28. The van der Waals surface area contributed by atoms with Crippen molar-refractivity contribution in [3.8, 4) is 11.5 Å². The summed E-state index contributed by atoms with van der Waals surface area (Å²) in [5, 5.41) is 2.85. The Morgan fingerprint density at radius 3 is 2.45 bits per heavy atom. The number of aromatic nitrogens is 2. The first-order valence-corrected chi connectivity index (χ1v) is 14.1. The number of benzene rings is 2. The maximum atomic E-state index is 13.4. The Morgan fingerprint density at radius 1 is 1.02 bits per heavy atom. The number of nitrogens with zero attached hydrogens (tertiary/aromatic N) is 3. The first-order valence-electron chi connectivity index (χ1n) is 14.1. The van der Waals surface area contributed by atoms with Crippen LogP contribution in [-0.2, 0) is 19.4 Å². The molecular formula is C34H34N4O4. The molecule has 0 radical (unpaired) electrons. The highest BCUT2D eigenvalue weighted by molar-refractivity contribution is 6.16. The van der Waals surface area contributed by atoms with Gasteiger partial charge < -0.3 is 19.4 Å². The smallest absolute Gasteiger partial charge is 0.255 e. The Hall–Kier alpha value is -4.72. The van der Waals surface area contributed by atoms with E-state index >= 15 is 0 Å². The number of carbonyl (C=O) groups excluding carboxylic acids is 1. The van der Waals surface area contributed by atoms with Crippen LogP contribution in [0.3, 0.4) is 0 Å². The van der Waals surface area contributed by atoms with E-state index in [1.165, 1.54) is 0 Å². The number of amides is 1. The quantitative estimate of drug-likeness (QED) is 0.338. The monoisotopic (exact) mass is 562 g/mol. The fourth-order valence-corrected chi connectivity index (χ4v) is 5.81. The molecule has 8 heteroatoms. The highest BCUT2D eigenvalue weighted by atomic mass is 16.5.